The number of anilines is 1. The standard InChI is InChI=1S/C15H21N3O2/c1-10-5-4-6-18(8-10)9-14(19)17-15-13(7-16)11(2)12(3)20-15/h10H,4-6,8-9H2,1-3H3,(H,17,19)/t10-/m1/s1. The molecule has 0 radical (unpaired) electrons. The molecule has 1 atom stereocenters. The van der Waals surface area contributed by atoms with E-state index in [0.717, 1.165) is 25.1 Å². The number of carbonyl (C=O) groups is 1. The van der Waals surface area contributed by atoms with Crippen LogP contribution in [0.3, 0.4) is 0 Å². The molecule has 0 aliphatic carbocycles. The molecule has 1 aromatic heterocycles. The number of carbonyl (C=O) groups excluding carboxylic acids is 1. The van der Waals surface area contributed by atoms with Crippen LogP contribution in [-0.4, -0.2) is 30.4 Å². The van der Waals surface area contributed by atoms with Crippen molar-refractivity contribution in [2.24, 2.45) is 5.92 Å². The molecule has 20 heavy (non-hydrogen) atoms. The number of hydrogen-bond donors (Lipinski definition) is 1. The second-order valence-electron chi connectivity index (χ2n) is 5.63. The molecular formula is C15H21N3O2. The molecule has 108 valence electrons. The maximum atomic E-state index is 12.1. The van der Waals surface area contributed by atoms with Gasteiger partial charge in [0.1, 0.15) is 17.4 Å². The summed E-state index contributed by atoms with van der Waals surface area (Å²) in [5, 5.41) is 11.8. The van der Waals surface area contributed by atoms with Gasteiger partial charge in [0.05, 0.1) is 6.54 Å². The first-order valence-corrected chi connectivity index (χ1v) is 7.03. The van der Waals surface area contributed by atoms with Gasteiger partial charge in [-0.1, -0.05) is 6.92 Å². The molecule has 1 aliphatic heterocycles. The number of rotatable bonds is 3. The minimum absolute atomic E-state index is 0.121. The van der Waals surface area contributed by atoms with Crippen molar-refractivity contribution >= 4 is 11.8 Å². The summed E-state index contributed by atoms with van der Waals surface area (Å²) in [4.78, 5) is 14.2. The Hall–Kier alpha value is -1.80. The highest BCUT2D eigenvalue weighted by molar-refractivity contribution is 5.92. The minimum Gasteiger partial charge on any atom is -0.444 e. The lowest BCUT2D eigenvalue weighted by Gasteiger charge is -2.29. The van der Waals surface area contributed by atoms with E-state index in [-0.39, 0.29) is 11.8 Å². The average molecular weight is 275 g/mol. The van der Waals surface area contributed by atoms with Gasteiger partial charge >= 0.3 is 0 Å². The van der Waals surface area contributed by atoms with Crippen LogP contribution in [0.1, 0.15) is 36.7 Å². The molecule has 1 amide bonds. The monoisotopic (exact) mass is 275 g/mol. The fraction of sp³-hybridized carbons (Fsp3) is 0.600. The summed E-state index contributed by atoms with van der Waals surface area (Å²) in [5.41, 5.74) is 1.21. The largest absolute Gasteiger partial charge is 0.444 e. The van der Waals surface area contributed by atoms with Crippen LogP contribution in [-0.2, 0) is 4.79 Å². The number of furan rings is 1. The number of nitriles is 1. The lowest BCUT2D eigenvalue weighted by molar-refractivity contribution is -0.117. The van der Waals surface area contributed by atoms with Crippen molar-refractivity contribution in [3.05, 3.63) is 16.9 Å². The Morgan fingerprint density at radius 2 is 2.30 bits per heavy atom. The van der Waals surface area contributed by atoms with Crippen molar-refractivity contribution in [2.45, 2.75) is 33.6 Å². The average Bonchev–Trinajstić information content (AvgIpc) is 2.64. The molecule has 1 aliphatic rings. The van der Waals surface area contributed by atoms with Crippen LogP contribution in [0.25, 0.3) is 0 Å². The Kier molecular flexibility index (Phi) is 4.46. The van der Waals surface area contributed by atoms with Crippen LogP contribution in [0.4, 0.5) is 5.88 Å². The van der Waals surface area contributed by atoms with Crippen LogP contribution >= 0.6 is 0 Å². The number of likely N-dealkylation sites (tertiary alicyclic amines) is 1. The van der Waals surface area contributed by atoms with Crippen LogP contribution in [0.2, 0.25) is 0 Å². The minimum atomic E-state index is -0.121. The van der Waals surface area contributed by atoms with E-state index < -0.39 is 0 Å². The summed E-state index contributed by atoms with van der Waals surface area (Å²) in [6.45, 7) is 8.08. The number of nitrogens with one attached hydrogen (secondary N) is 1. The molecule has 0 bridgehead atoms. The lowest BCUT2D eigenvalue weighted by Crippen LogP contribution is -2.39. The molecule has 5 heteroatoms. The van der Waals surface area contributed by atoms with E-state index in [1.54, 1.807) is 6.92 Å². The van der Waals surface area contributed by atoms with Gasteiger partial charge in [-0.2, -0.15) is 5.26 Å². The second kappa shape index (κ2) is 6.10. The number of amides is 1. The third-order valence-electron chi connectivity index (χ3n) is 3.86. The van der Waals surface area contributed by atoms with Gasteiger partial charge in [0.25, 0.3) is 0 Å². The van der Waals surface area contributed by atoms with Crippen molar-refractivity contribution in [3.8, 4) is 6.07 Å². The lowest BCUT2D eigenvalue weighted by atomic mass is 10.0. The van der Waals surface area contributed by atoms with Gasteiger partial charge in [0, 0.05) is 12.1 Å². The fourth-order valence-corrected chi connectivity index (χ4v) is 2.65. The highest BCUT2D eigenvalue weighted by Crippen LogP contribution is 2.25. The van der Waals surface area contributed by atoms with Gasteiger partial charge in [-0.05, 0) is 39.2 Å². The predicted molar refractivity (Wildman–Crippen MR) is 76.4 cm³/mol. The first kappa shape index (κ1) is 14.6. The third kappa shape index (κ3) is 3.20. The van der Waals surface area contributed by atoms with Gasteiger partial charge in [-0.25, -0.2) is 0 Å². The zero-order valence-electron chi connectivity index (χ0n) is 12.3. The first-order chi connectivity index (χ1) is 9.51. The molecule has 0 saturated carbocycles. The van der Waals surface area contributed by atoms with Crippen molar-refractivity contribution in [3.63, 3.8) is 0 Å². The predicted octanol–water partition coefficient (Wildman–Crippen LogP) is 2.44. The molecule has 2 heterocycles. The number of piperidine rings is 1. The summed E-state index contributed by atoms with van der Waals surface area (Å²) in [7, 11) is 0. The zero-order chi connectivity index (χ0) is 14.7. The maximum absolute atomic E-state index is 12.1. The van der Waals surface area contributed by atoms with E-state index in [9.17, 15) is 4.79 Å². The molecule has 0 unspecified atom stereocenters. The summed E-state index contributed by atoms with van der Waals surface area (Å²) in [6, 6.07) is 2.08. The van der Waals surface area contributed by atoms with E-state index in [2.05, 4.69) is 23.2 Å². The second-order valence-corrected chi connectivity index (χ2v) is 5.63. The number of hydrogen-bond acceptors (Lipinski definition) is 4. The summed E-state index contributed by atoms with van der Waals surface area (Å²) in [5.74, 6) is 1.46. The Bertz CT molecular complexity index is 542. The summed E-state index contributed by atoms with van der Waals surface area (Å²) < 4.78 is 5.44. The van der Waals surface area contributed by atoms with Crippen molar-refractivity contribution in [2.75, 3.05) is 25.0 Å². The van der Waals surface area contributed by atoms with Crippen LogP contribution < -0.4 is 5.32 Å². The van der Waals surface area contributed by atoms with Crippen LogP contribution in [0.5, 0.6) is 0 Å². The molecule has 1 saturated heterocycles. The van der Waals surface area contributed by atoms with Crippen molar-refractivity contribution in [1.29, 1.82) is 5.26 Å². The molecule has 1 fully saturated rings. The summed E-state index contributed by atoms with van der Waals surface area (Å²) in [6.07, 6.45) is 2.37. The van der Waals surface area contributed by atoms with Gasteiger partial charge in [-0.15, -0.1) is 0 Å². The van der Waals surface area contributed by atoms with E-state index in [0.29, 0.717) is 23.8 Å². The number of aryl methyl sites for hydroxylation is 1. The molecule has 0 spiro atoms. The Morgan fingerprint density at radius 3 is 2.95 bits per heavy atom. The smallest absolute Gasteiger partial charge is 0.240 e. The van der Waals surface area contributed by atoms with E-state index in [4.69, 9.17) is 9.68 Å². The van der Waals surface area contributed by atoms with Crippen LogP contribution in [0.15, 0.2) is 4.42 Å². The van der Waals surface area contributed by atoms with Gasteiger partial charge in [0.15, 0.2) is 0 Å². The van der Waals surface area contributed by atoms with Gasteiger partial charge in [0.2, 0.25) is 11.8 Å². The quantitative estimate of drug-likeness (QED) is 0.920. The Morgan fingerprint density at radius 1 is 1.55 bits per heavy atom. The van der Waals surface area contributed by atoms with E-state index >= 15 is 0 Å². The molecule has 1 aromatic rings. The first-order valence-electron chi connectivity index (χ1n) is 7.03. The van der Waals surface area contributed by atoms with Gasteiger partial charge in [-0.3, -0.25) is 15.0 Å². The van der Waals surface area contributed by atoms with E-state index in [1.807, 2.05) is 6.92 Å². The highest BCUT2D eigenvalue weighted by atomic mass is 16.4. The topological polar surface area (TPSA) is 69.3 Å². The van der Waals surface area contributed by atoms with E-state index in [1.165, 1.54) is 6.42 Å². The SMILES string of the molecule is Cc1oc(NC(=O)CN2CCC[C@@H](C)C2)c(C#N)c1C. The molecule has 0 aromatic carbocycles. The Balaban J connectivity index is 1.98. The number of nitrogens with zero attached hydrogens (tertiary/aromatic N) is 2. The van der Waals surface area contributed by atoms with Gasteiger partial charge < -0.3 is 4.42 Å². The molecular weight excluding hydrogens is 254 g/mol. The molecule has 5 nitrogen and oxygen atoms in total. The maximum Gasteiger partial charge on any atom is 0.240 e. The molecule has 2 rings (SSSR count). The van der Waals surface area contributed by atoms with Crippen molar-refractivity contribution in [1.82, 2.24) is 4.90 Å². The highest BCUT2D eigenvalue weighted by Gasteiger charge is 2.21. The third-order valence-corrected chi connectivity index (χ3v) is 3.86. The zero-order valence-corrected chi connectivity index (χ0v) is 12.3. The van der Waals surface area contributed by atoms with Crippen LogP contribution in [0, 0.1) is 31.1 Å². The summed E-state index contributed by atoms with van der Waals surface area (Å²) >= 11 is 0. The normalized spacial score (nSPS) is 19.6. The Labute approximate surface area is 119 Å². The van der Waals surface area contributed by atoms with Crippen molar-refractivity contribution < 1.29 is 9.21 Å². The molecule has 1 N–H and O–H groups in total. The fourth-order valence-electron chi connectivity index (χ4n) is 2.65.